The monoisotopic (exact) mass is 634 g/mol. The topological polar surface area (TPSA) is 135 Å². The molecule has 0 amide bonds. The van der Waals surface area contributed by atoms with Crippen LogP contribution in [0.25, 0.3) is 16.9 Å². The van der Waals surface area contributed by atoms with E-state index >= 15 is 0 Å². The third kappa shape index (κ3) is 8.30. The lowest BCUT2D eigenvalue weighted by Crippen LogP contribution is -2.21. The average molecular weight is 635 g/mol. The maximum Gasteiger partial charge on any atom is 0.317 e. The SMILES string of the molecule is C/C(=C/C(=O)Cc1ccccc1)C(C(=O)OCCO[N+](=O)[O-])c1cc(-c2ccc(S(C)(=O)=O)cc2)n(-c2cccc(F)c2)c1C. The van der Waals surface area contributed by atoms with Gasteiger partial charge >= 0.3 is 5.97 Å². The second kappa shape index (κ2) is 14.1. The Balaban J connectivity index is 1.84. The summed E-state index contributed by atoms with van der Waals surface area (Å²) in [5.74, 6) is -2.65. The van der Waals surface area contributed by atoms with Gasteiger partial charge < -0.3 is 14.1 Å². The van der Waals surface area contributed by atoms with E-state index in [2.05, 4.69) is 4.84 Å². The molecule has 0 N–H and O–H groups in total. The number of hydrogen-bond acceptors (Lipinski definition) is 8. The molecular formula is C33H31FN2O8S. The van der Waals surface area contributed by atoms with E-state index < -0.39 is 45.8 Å². The van der Waals surface area contributed by atoms with E-state index in [1.807, 2.05) is 30.3 Å². The number of benzene rings is 3. The highest BCUT2D eigenvalue weighted by atomic mass is 32.2. The quantitative estimate of drug-likeness (QED) is 0.0611. The normalized spacial score (nSPS) is 12.4. The van der Waals surface area contributed by atoms with Gasteiger partial charge in [-0.3, -0.25) is 9.59 Å². The van der Waals surface area contributed by atoms with Crippen LogP contribution in [-0.4, -0.2) is 49.3 Å². The molecule has 1 atom stereocenters. The van der Waals surface area contributed by atoms with Crippen molar-refractivity contribution in [3.8, 4) is 16.9 Å². The van der Waals surface area contributed by atoms with Crippen LogP contribution in [0.3, 0.4) is 0 Å². The Morgan fingerprint density at radius 2 is 1.69 bits per heavy atom. The van der Waals surface area contributed by atoms with Crippen molar-refractivity contribution in [2.45, 2.75) is 31.1 Å². The molecule has 0 saturated carbocycles. The highest BCUT2D eigenvalue weighted by molar-refractivity contribution is 7.90. The zero-order valence-electron chi connectivity index (χ0n) is 24.8. The zero-order chi connectivity index (χ0) is 32.7. The number of rotatable bonds is 13. The van der Waals surface area contributed by atoms with E-state index in [0.717, 1.165) is 11.8 Å². The first-order valence-corrected chi connectivity index (χ1v) is 15.7. The molecule has 0 saturated heterocycles. The number of carbonyl (C=O) groups excluding carboxylic acids is 2. The van der Waals surface area contributed by atoms with Gasteiger partial charge in [0.05, 0.1) is 10.6 Å². The number of allylic oxidation sites excluding steroid dienone is 1. The molecule has 234 valence electrons. The molecule has 10 nitrogen and oxygen atoms in total. The van der Waals surface area contributed by atoms with Gasteiger partial charge in [0.25, 0.3) is 5.09 Å². The van der Waals surface area contributed by atoms with Gasteiger partial charge in [-0.15, -0.1) is 10.1 Å². The van der Waals surface area contributed by atoms with Crippen LogP contribution in [-0.2, 0) is 35.4 Å². The molecule has 1 aromatic heterocycles. The number of ether oxygens (including phenoxy) is 1. The molecule has 3 aromatic carbocycles. The molecule has 0 aliphatic carbocycles. The zero-order valence-corrected chi connectivity index (χ0v) is 25.6. The van der Waals surface area contributed by atoms with Crippen molar-refractivity contribution in [1.82, 2.24) is 4.57 Å². The van der Waals surface area contributed by atoms with Crippen LogP contribution in [0, 0.1) is 22.9 Å². The minimum absolute atomic E-state index is 0.0951. The predicted octanol–water partition coefficient (Wildman–Crippen LogP) is 5.59. The van der Waals surface area contributed by atoms with Gasteiger partial charge in [0, 0.05) is 24.1 Å². The van der Waals surface area contributed by atoms with E-state index in [4.69, 9.17) is 4.74 Å². The summed E-state index contributed by atoms with van der Waals surface area (Å²) >= 11 is 0. The lowest BCUT2D eigenvalue weighted by molar-refractivity contribution is -0.757. The Hall–Kier alpha value is -5.10. The fourth-order valence-electron chi connectivity index (χ4n) is 5.03. The van der Waals surface area contributed by atoms with Crippen LogP contribution in [0.15, 0.2) is 101 Å². The van der Waals surface area contributed by atoms with Gasteiger partial charge in [0.2, 0.25) is 0 Å². The van der Waals surface area contributed by atoms with Crippen molar-refractivity contribution >= 4 is 21.6 Å². The maximum absolute atomic E-state index is 14.4. The Morgan fingerprint density at radius 3 is 2.31 bits per heavy atom. The number of esters is 1. The lowest BCUT2D eigenvalue weighted by Gasteiger charge is -2.18. The minimum Gasteiger partial charge on any atom is -0.463 e. The number of sulfone groups is 1. The van der Waals surface area contributed by atoms with Gasteiger partial charge in [0.1, 0.15) is 24.9 Å². The number of halogens is 1. The van der Waals surface area contributed by atoms with E-state index in [-0.39, 0.29) is 17.1 Å². The standard InChI is InChI=1S/C33H31FN2O8S/c1-22(18-28(37)19-24-8-5-4-6-9-24)32(33(38)43-16-17-44-36(39)40)30-21-31(25-12-14-29(15-13-25)45(3,41)42)35(23(30)2)27-11-7-10-26(34)20-27/h4-15,18,20-21,32H,16-17,19H2,1-3H3/b22-18-. The number of aromatic nitrogens is 1. The predicted molar refractivity (Wildman–Crippen MR) is 165 cm³/mol. The second-order valence-corrected chi connectivity index (χ2v) is 12.4. The Bertz CT molecular complexity index is 1850. The van der Waals surface area contributed by atoms with Crippen molar-refractivity contribution in [2.75, 3.05) is 19.5 Å². The third-order valence-electron chi connectivity index (χ3n) is 7.07. The largest absolute Gasteiger partial charge is 0.463 e. The number of hydrogen-bond donors (Lipinski definition) is 0. The molecule has 0 bridgehead atoms. The fraction of sp³-hybridized carbons (Fsp3) is 0.212. The lowest BCUT2D eigenvalue weighted by atomic mass is 9.90. The second-order valence-electron chi connectivity index (χ2n) is 10.4. The summed E-state index contributed by atoms with van der Waals surface area (Å²) in [5.41, 5.74) is 3.64. The molecule has 1 heterocycles. The van der Waals surface area contributed by atoms with Crippen LogP contribution in [0.1, 0.15) is 29.7 Å². The van der Waals surface area contributed by atoms with Crippen LogP contribution < -0.4 is 0 Å². The van der Waals surface area contributed by atoms with Crippen LogP contribution in [0.2, 0.25) is 0 Å². The number of ketones is 1. The van der Waals surface area contributed by atoms with Gasteiger partial charge in [-0.05, 0) is 73.0 Å². The summed E-state index contributed by atoms with van der Waals surface area (Å²) in [6.07, 6.45) is 2.56. The molecule has 4 rings (SSSR count). The van der Waals surface area contributed by atoms with Crippen LogP contribution in [0.5, 0.6) is 0 Å². The number of nitrogens with zero attached hydrogens (tertiary/aromatic N) is 2. The molecule has 1 unspecified atom stereocenters. The Morgan fingerprint density at radius 1 is 1.00 bits per heavy atom. The summed E-state index contributed by atoms with van der Waals surface area (Å²) in [7, 11) is -3.47. The van der Waals surface area contributed by atoms with Gasteiger partial charge in [0.15, 0.2) is 15.6 Å². The van der Waals surface area contributed by atoms with E-state index in [1.54, 1.807) is 42.7 Å². The third-order valence-corrected chi connectivity index (χ3v) is 8.20. The minimum atomic E-state index is -3.47. The highest BCUT2D eigenvalue weighted by Gasteiger charge is 2.30. The molecule has 0 aliphatic rings. The Kier molecular flexibility index (Phi) is 10.3. The van der Waals surface area contributed by atoms with E-state index in [0.29, 0.717) is 33.8 Å². The molecule has 45 heavy (non-hydrogen) atoms. The van der Waals surface area contributed by atoms with Crippen LogP contribution in [0.4, 0.5) is 4.39 Å². The van der Waals surface area contributed by atoms with Crippen molar-refractivity contribution in [2.24, 2.45) is 0 Å². The summed E-state index contributed by atoms with van der Waals surface area (Å²) < 4.78 is 45.7. The van der Waals surface area contributed by atoms with Gasteiger partial charge in [-0.2, -0.15) is 0 Å². The smallest absolute Gasteiger partial charge is 0.317 e. The highest BCUT2D eigenvalue weighted by Crippen LogP contribution is 2.37. The number of carbonyl (C=O) groups is 2. The van der Waals surface area contributed by atoms with Crippen molar-refractivity contribution < 1.29 is 37.1 Å². The molecule has 0 radical (unpaired) electrons. The molecular weight excluding hydrogens is 603 g/mol. The fourth-order valence-corrected chi connectivity index (χ4v) is 5.66. The maximum atomic E-state index is 14.4. The summed E-state index contributed by atoms with van der Waals surface area (Å²) in [6.45, 7) is 2.44. The van der Waals surface area contributed by atoms with Crippen molar-refractivity contribution in [3.05, 3.63) is 129 Å². The molecule has 0 fully saturated rings. The molecule has 0 aliphatic heterocycles. The van der Waals surface area contributed by atoms with Crippen LogP contribution >= 0.6 is 0 Å². The average Bonchev–Trinajstić information content (AvgIpc) is 3.31. The van der Waals surface area contributed by atoms with Crippen molar-refractivity contribution in [1.29, 1.82) is 0 Å². The Labute approximate surface area is 259 Å². The van der Waals surface area contributed by atoms with Crippen molar-refractivity contribution in [3.63, 3.8) is 0 Å². The summed E-state index contributed by atoms with van der Waals surface area (Å²) in [6, 6.07) is 22.8. The first-order valence-electron chi connectivity index (χ1n) is 13.8. The van der Waals surface area contributed by atoms with Gasteiger partial charge in [-0.1, -0.05) is 54.1 Å². The molecule has 0 spiro atoms. The van der Waals surface area contributed by atoms with Gasteiger partial charge in [-0.25, -0.2) is 12.8 Å². The van der Waals surface area contributed by atoms with E-state index in [9.17, 15) is 32.5 Å². The first kappa shape index (κ1) is 32.8. The first-order chi connectivity index (χ1) is 21.3. The summed E-state index contributed by atoms with van der Waals surface area (Å²) in [5, 5.41) is 9.57. The summed E-state index contributed by atoms with van der Waals surface area (Å²) in [4.78, 5) is 41.6. The molecule has 4 aromatic rings. The molecule has 12 heteroatoms. The van der Waals surface area contributed by atoms with E-state index in [1.165, 1.54) is 36.4 Å².